The standard InChI is InChI=1S/C26H25F6N3O5S/c27-25(28,29)16-41(36,37)34-24(14-38-15-24)19-4-1-3-17(11-19)22-12-23(35(33-22)13-21-5-2-10-39-21)40-20-8-6-18(7-9-20)26(30,31)32/h1,3-4,6-9,11-12,21,34H,2,5,10,13-16H2. The van der Waals surface area contributed by atoms with Crippen molar-refractivity contribution < 1.29 is 49.0 Å². The molecule has 0 bridgehead atoms. The maximum Gasteiger partial charge on any atom is 0.416 e. The minimum absolute atomic E-state index is 0.149. The summed E-state index contributed by atoms with van der Waals surface area (Å²) in [5, 5.41) is 4.60. The highest BCUT2D eigenvalue weighted by Gasteiger charge is 2.46. The third-order valence-corrected chi connectivity index (χ3v) is 8.07. The minimum atomic E-state index is -4.92. The summed E-state index contributed by atoms with van der Waals surface area (Å²) in [6, 6.07) is 12.2. The highest BCUT2D eigenvalue weighted by molar-refractivity contribution is 7.89. The number of halogens is 6. The van der Waals surface area contributed by atoms with Gasteiger partial charge in [0.25, 0.3) is 0 Å². The number of hydrogen-bond acceptors (Lipinski definition) is 6. The highest BCUT2D eigenvalue weighted by Crippen LogP contribution is 2.36. The Morgan fingerprint density at radius 3 is 2.37 bits per heavy atom. The minimum Gasteiger partial charge on any atom is -0.439 e. The van der Waals surface area contributed by atoms with Gasteiger partial charge in [-0.2, -0.15) is 36.2 Å². The van der Waals surface area contributed by atoms with Crippen LogP contribution in [0.2, 0.25) is 0 Å². The Kier molecular flexibility index (Phi) is 7.82. The SMILES string of the molecule is O=S(=O)(CC(F)(F)F)NC1(c2cccc(-c3cc(Oc4ccc(C(F)(F)F)cc4)n(CC4CCCO4)n3)c2)COC1. The lowest BCUT2D eigenvalue weighted by atomic mass is 9.88. The Morgan fingerprint density at radius 2 is 1.78 bits per heavy atom. The number of ether oxygens (including phenoxy) is 3. The third-order valence-electron chi connectivity index (χ3n) is 6.66. The molecule has 2 aliphatic rings. The van der Waals surface area contributed by atoms with Crippen LogP contribution >= 0.6 is 0 Å². The Bertz CT molecular complexity index is 1480. The van der Waals surface area contributed by atoms with Gasteiger partial charge in [-0.25, -0.2) is 13.1 Å². The average molecular weight is 606 g/mol. The Balaban J connectivity index is 1.44. The molecule has 222 valence electrons. The van der Waals surface area contributed by atoms with Crippen LogP contribution in [-0.2, 0) is 37.8 Å². The summed E-state index contributed by atoms with van der Waals surface area (Å²) in [6.45, 7) is 0.571. The largest absolute Gasteiger partial charge is 0.439 e. The van der Waals surface area contributed by atoms with E-state index in [0.717, 1.165) is 25.0 Å². The molecule has 2 aliphatic heterocycles. The van der Waals surface area contributed by atoms with E-state index < -0.39 is 39.2 Å². The maximum absolute atomic E-state index is 13.0. The molecule has 1 unspecified atom stereocenters. The number of benzene rings is 2. The predicted octanol–water partition coefficient (Wildman–Crippen LogP) is 5.25. The first kappa shape index (κ1) is 29.4. The zero-order valence-electron chi connectivity index (χ0n) is 21.3. The van der Waals surface area contributed by atoms with Gasteiger partial charge in [0.1, 0.15) is 11.3 Å². The van der Waals surface area contributed by atoms with Crippen molar-refractivity contribution in [2.75, 3.05) is 25.6 Å². The molecule has 1 N–H and O–H groups in total. The van der Waals surface area contributed by atoms with Gasteiger partial charge in [-0.3, -0.25) is 0 Å². The number of rotatable bonds is 9. The van der Waals surface area contributed by atoms with Crippen molar-refractivity contribution >= 4 is 10.0 Å². The molecule has 2 saturated heterocycles. The molecule has 5 rings (SSSR count). The van der Waals surface area contributed by atoms with Gasteiger partial charge in [0.15, 0.2) is 5.75 Å². The molecule has 41 heavy (non-hydrogen) atoms. The van der Waals surface area contributed by atoms with Crippen molar-refractivity contribution in [3.8, 4) is 22.9 Å². The second-order valence-electron chi connectivity index (χ2n) is 9.94. The number of alkyl halides is 6. The molecule has 0 saturated carbocycles. The number of aromatic nitrogens is 2. The van der Waals surface area contributed by atoms with Gasteiger partial charge in [0.2, 0.25) is 15.9 Å². The number of nitrogens with one attached hydrogen (secondary N) is 1. The van der Waals surface area contributed by atoms with Gasteiger partial charge < -0.3 is 14.2 Å². The molecule has 0 spiro atoms. The van der Waals surface area contributed by atoms with E-state index >= 15 is 0 Å². The van der Waals surface area contributed by atoms with Crippen LogP contribution in [0.25, 0.3) is 11.3 Å². The molecule has 2 fully saturated rings. The van der Waals surface area contributed by atoms with Gasteiger partial charge in [-0.05, 0) is 48.7 Å². The Labute approximate surface area is 231 Å². The summed E-state index contributed by atoms with van der Waals surface area (Å²) in [7, 11) is -4.73. The lowest BCUT2D eigenvalue weighted by Crippen LogP contribution is -2.60. The summed E-state index contributed by atoms with van der Waals surface area (Å²) in [6.07, 6.45) is -7.92. The molecule has 3 aromatic rings. The number of hydrogen-bond donors (Lipinski definition) is 1. The van der Waals surface area contributed by atoms with Crippen LogP contribution in [0.5, 0.6) is 11.6 Å². The molecule has 8 nitrogen and oxygen atoms in total. The van der Waals surface area contributed by atoms with Crippen LogP contribution in [0.4, 0.5) is 26.3 Å². The van der Waals surface area contributed by atoms with Crippen LogP contribution in [-0.4, -0.2) is 56.1 Å². The van der Waals surface area contributed by atoms with E-state index in [1.807, 2.05) is 0 Å². The summed E-state index contributed by atoms with van der Waals surface area (Å²) < 4.78 is 122. The Hall–Kier alpha value is -3.14. The van der Waals surface area contributed by atoms with E-state index in [1.165, 1.54) is 16.8 Å². The van der Waals surface area contributed by atoms with Crippen LogP contribution in [0, 0.1) is 0 Å². The fourth-order valence-electron chi connectivity index (χ4n) is 4.68. The van der Waals surface area contributed by atoms with Gasteiger partial charge in [0.05, 0.1) is 37.1 Å². The zero-order valence-corrected chi connectivity index (χ0v) is 22.2. The van der Waals surface area contributed by atoms with Crippen molar-refractivity contribution in [2.45, 2.75) is 43.4 Å². The second kappa shape index (κ2) is 10.9. The van der Waals surface area contributed by atoms with E-state index in [1.54, 1.807) is 30.3 Å². The average Bonchev–Trinajstić information content (AvgIpc) is 3.50. The van der Waals surface area contributed by atoms with Gasteiger partial charge in [0, 0.05) is 18.2 Å². The molecule has 0 aliphatic carbocycles. The highest BCUT2D eigenvalue weighted by atomic mass is 32.2. The lowest BCUT2D eigenvalue weighted by Gasteiger charge is -2.42. The van der Waals surface area contributed by atoms with E-state index in [0.29, 0.717) is 30.0 Å². The molecule has 2 aromatic carbocycles. The molecule has 1 aromatic heterocycles. The second-order valence-corrected chi connectivity index (χ2v) is 11.7. The summed E-state index contributed by atoms with van der Waals surface area (Å²) in [4.78, 5) is 0. The molecule has 1 atom stereocenters. The van der Waals surface area contributed by atoms with E-state index in [4.69, 9.17) is 14.2 Å². The fourth-order valence-corrected chi connectivity index (χ4v) is 6.02. The number of nitrogens with zero attached hydrogens (tertiary/aromatic N) is 2. The summed E-state index contributed by atoms with van der Waals surface area (Å²) >= 11 is 0. The van der Waals surface area contributed by atoms with Crippen molar-refractivity contribution in [1.82, 2.24) is 14.5 Å². The molecule has 0 radical (unpaired) electrons. The lowest BCUT2D eigenvalue weighted by molar-refractivity contribution is -0.137. The predicted molar refractivity (Wildman–Crippen MR) is 134 cm³/mol. The van der Waals surface area contributed by atoms with Crippen LogP contribution < -0.4 is 9.46 Å². The van der Waals surface area contributed by atoms with Crippen molar-refractivity contribution in [3.63, 3.8) is 0 Å². The topological polar surface area (TPSA) is 91.7 Å². The van der Waals surface area contributed by atoms with E-state index in [2.05, 4.69) is 9.82 Å². The molecular formula is C26H25F6N3O5S. The van der Waals surface area contributed by atoms with Crippen LogP contribution in [0.1, 0.15) is 24.0 Å². The Morgan fingerprint density at radius 1 is 1.05 bits per heavy atom. The van der Waals surface area contributed by atoms with Crippen molar-refractivity contribution in [3.05, 3.63) is 65.7 Å². The van der Waals surface area contributed by atoms with Crippen LogP contribution in [0.3, 0.4) is 0 Å². The number of sulfonamides is 1. The van der Waals surface area contributed by atoms with Crippen molar-refractivity contribution in [1.29, 1.82) is 0 Å². The van der Waals surface area contributed by atoms with E-state index in [9.17, 15) is 34.8 Å². The molecule has 15 heteroatoms. The normalized spacial score (nSPS) is 19.2. The fraction of sp³-hybridized carbons (Fsp3) is 0.423. The van der Waals surface area contributed by atoms with Gasteiger partial charge >= 0.3 is 12.4 Å². The molecular weight excluding hydrogens is 580 g/mol. The summed E-state index contributed by atoms with van der Waals surface area (Å²) in [5.41, 5.74) is -0.937. The summed E-state index contributed by atoms with van der Waals surface area (Å²) in [5.74, 6) is -1.65. The molecule has 3 heterocycles. The first-order chi connectivity index (χ1) is 19.2. The first-order valence-electron chi connectivity index (χ1n) is 12.5. The zero-order chi connectivity index (χ0) is 29.5. The van der Waals surface area contributed by atoms with Gasteiger partial charge in [-0.1, -0.05) is 18.2 Å². The van der Waals surface area contributed by atoms with Crippen molar-refractivity contribution in [2.24, 2.45) is 0 Å². The monoisotopic (exact) mass is 605 g/mol. The maximum atomic E-state index is 13.0. The van der Waals surface area contributed by atoms with Gasteiger partial charge in [-0.15, -0.1) is 0 Å². The smallest absolute Gasteiger partial charge is 0.416 e. The quantitative estimate of drug-likeness (QED) is 0.336. The first-order valence-corrected chi connectivity index (χ1v) is 14.2. The van der Waals surface area contributed by atoms with E-state index in [-0.39, 0.29) is 30.9 Å². The van der Waals surface area contributed by atoms with Crippen LogP contribution in [0.15, 0.2) is 54.6 Å². The molecule has 0 amide bonds. The third kappa shape index (κ3) is 7.02.